The van der Waals surface area contributed by atoms with Crippen molar-refractivity contribution in [3.05, 3.63) is 34.9 Å². The highest BCUT2D eigenvalue weighted by Gasteiger charge is 2.08. The van der Waals surface area contributed by atoms with Gasteiger partial charge in [-0.3, -0.25) is 4.79 Å². The Kier molecular flexibility index (Phi) is 5.29. The van der Waals surface area contributed by atoms with Gasteiger partial charge in [-0.2, -0.15) is 0 Å². The summed E-state index contributed by atoms with van der Waals surface area (Å²) < 4.78 is 5.10. The van der Waals surface area contributed by atoms with E-state index < -0.39 is 0 Å². The number of hydrogen-bond acceptors (Lipinski definition) is 3. The van der Waals surface area contributed by atoms with E-state index in [1.165, 1.54) is 0 Å². The van der Waals surface area contributed by atoms with Gasteiger partial charge in [-0.15, -0.1) is 0 Å². The topological polar surface area (TPSA) is 52.3 Å². The van der Waals surface area contributed by atoms with E-state index in [2.05, 4.69) is 0 Å². The lowest BCUT2D eigenvalue weighted by Crippen LogP contribution is -2.16. The van der Waals surface area contributed by atoms with Gasteiger partial charge in [0, 0.05) is 11.4 Å². The van der Waals surface area contributed by atoms with E-state index in [1.54, 1.807) is 12.1 Å². The first-order chi connectivity index (χ1) is 7.61. The molecule has 0 radical (unpaired) electrons. The number of carbonyl (C=O) groups excluding carboxylic acids is 1. The van der Waals surface area contributed by atoms with Crippen LogP contribution in [0.4, 0.5) is 0 Å². The Morgan fingerprint density at radius 1 is 1.44 bits per heavy atom. The van der Waals surface area contributed by atoms with Crippen molar-refractivity contribution in [3.8, 4) is 0 Å². The molecular weight excluding hydrogens is 226 g/mol. The zero-order valence-electron chi connectivity index (χ0n) is 9.28. The molecule has 0 aromatic heterocycles. The van der Waals surface area contributed by atoms with Gasteiger partial charge in [0.15, 0.2) is 0 Å². The number of esters is 1. The molecule has 0 bridgehead atoms. The summed E-state index contributed by atoms with van der Waals surface area (Å²) in [6.45, 7) is 2.70. The molecule has 88 valence electrons. The van der Waals surface area contributed by atoms with E-state index in [0.29, 0.717) is 18.0 Å². The van der Waals surface area contributed by atoms with Crippen LogP contribution in [0.2, 0.25) is 5.02 Å². The molecule has 0 heterocycles. The summed E-state index contributed by atoms with van der Waals surface area (Å²) in [5.74, 6) is -0.0504. The van der Waals surface area contributed by atoms with Gasteiger partial charge in [0.25, 0.3) is 0 Å². The monoisotopic (exact) mass is 241 g/mol. The fraction of sp³-hybridized carbons (Fsp3) is 0.417. The van der Waals surface area contributed by atoms with Crippen LogP contribution < -0.4 is 5.73 Å². The number of hydrogen-bond donors (Lipinski definition) is 1. The molecule has 0 aliphatic rings. The minimum absolute atomic E-state index is 0.165. The van der Waals surface area contributed by atoms with Crippen molar-refractivity contribution in [2.45, 2.75) is 20.0 Å². The van der Waals surface area contributed by atoms with Crippen molar-refractivity contribution in [3.63, 3.8) is 0 Å². The Balaban J connectivity index is 2.34. The highest BCUT2D eigenvalue weighted by molar-refractivity contribution is 6.30. The summed E-state index contributed by atoms with van der Waals surface area (Å²) >= 11 is 5.74. The molecule has 1 aromatic rings. The fourth-order valence-electron chi connectivity index (χ4n) is 1.17. The van der Waals surface area contributed by atoms with Crippen molar-refractivity contribution in [2.24, 2.45) is 11.7 Å². The van der Waals surface area contributed by atoms with E-state index in [4.69, 9.17) is 22.1 Å². The van der Waals surface area contributed by atoms with E-state index in [0.717, 1.165) is 5.56 Å². The molecule has 0 spiro atoms. The number of nitrogens with two attached hydrogens (primary N) is 1. The number of halogens is 1. The quantitative estimate of drug-likeness (QED) is 0.806. The summed E-state index contributed by atoms with van der Waals surface area (Å²) in [4.78, 5) is 11.3. The van der Waals surface area contributed by atoms with Crippen LogP contribution in [-0.4, -0.2) is 12.5 Å². The van der Waals surface area contributed by atoms with Gasteiger partial charge >= 0.3 is 5.97 Å². The number of carbonyl (C=O) groups is 1. The third-order valence-corrected chi connectivity index (χ3v) is 2.48. The van der Waals surface area contributed by atoms with Gasteiger partial charge < -0.3 is 10.5 Å². The molecule has 2 N–H and O–H groups in total. The molecule has 0 fully saturated rings. The second-order valence-corrected chi connectivity index (χ2v) is 4.27. The van der Waals surface area contributed by atoms with Crippen molar-refractivity contribution >= 4 is 17.6 Å². The zero-order valence-corrected chi connectivity index (χ0v) is 10.0. The molecule has 0 amide bonds. The van der Waals surface area contributed by atoms with E-state index >= 15 is 0 Å². The van der Waals surface area contributed by atoms with Crippen LogP contribution in [0.25, 0.3) is 0 Å². The van der Waals surface area contributed by atoms with Gasteiger partial charge in [0.2, 0.25) is 0 Å². The predicted molar refractivity (Wildman–Crippen MR) is 64.1 cm³/mol. The van der Waals surface area contributed by atoms with Crippen molar-refractivity contribution < 1.29 is 9.53 Å². The summed E-state index contributed by atoms with van der Waals surface area (Å²) in [6.07, 6.45) is 0.365. The van der Waals surface area contributed by atoms with Crippen LogP contribution in [0.15, 0.2) is 24.3 Å². The van der Waals surface area contributed by atoms with Crippen LogP contribution in [-0.2, 0) is 16.1 Å². The Morgan fingerprint density at radius 3 is 2.62 bits per heavy atom. The minimum Gasteiger partial charge on any atom is -0.461 e. The van der Waals surface area contributed by atoms with E-state index in [-0.39, 0.29) is 18.5 Å². The van der Waals surface area contributed by atoms with E-state index in [1.807, 2.05) is 19.1 Å². The lowest BCUT2D eigenvalue weighted by Gasteiger charge is -2.08. The summed E-state index contributed by atoms with van der Waals surface area (Å²) in [6, 6.07) is 7.21. The zero-order chi connectivity index (χ0) is 12.0. The third-order valence-electron chi connectivity index (χ3n) is 2.23. The van der Waals surface area contributed by atoms with E-state index in [9.17, 15) is 4.79 Å². The summed E-state index contributed by atoms with van der Waals surface area (Å²) in [5.41, 5.74) is 6.35. The lowest BCUT2D eigenvalue weighted by molar-refractivity contribution is -0.145. The van der Waals surface area contributed by atoms with Gasteiger partial charge in [0.05, 0.1) is 0 Å². The SMILES string of the molecule is CC(CN)CC(=O)OCc1ccc(Cl)cc1. The molecule has 0 saturated carbocycles. The maximum atomic E-state index is 11.3. The molecule has 0 aliphatic carbocycles. The first kappa shape index (κ1) is 13.0. The molecule has 0 aliphatic heterocycles. The number of ether oxygens (including phenoxy) is 1. The molecule has 1 rings (SSSR count). The van der Waals surface area contributed by atoms with Crippen LogP contribution in [0.3, 0.4) is 0 Å². The highest BCUT2D eigenvalue weighted by atomic mass is 35.5. The second kappa shape index (κ2) is 6.51. The number of rotatable bonds is 5. The van der Waals surface area contributed by atoms with Crippen LogP contribution in [0, 0.1) is 5.92 Å². The summed E-state index contributed by atoms with van der Waals surface area (Å²) in [7, 11) is 0. The predicted octanol–water partition coefficient (Wildman–Crippen LogP) is 2.37. The molecule has 3 nitrogen and oxygen atoms in total. The van der Waals surface area contributed by atoms with Crippen molar-refractivity contribution in [1.29, 1.82) is 0 Å². The Hall–Kier alpha value is -1.06. The molecule has 1 aromatic carbocycles. The normalized spacial score (nSPS) is 12.2. The summed E-state index contributed by atoms with van der Waals surface area (Å²) in [5, 5.41) is 0.673. The average molecular weight is 242 g/mol. The van der Waals surface area contributed by atoms with Crippen LogP contribution >= 0.6 is 11.6 Å². The average Bonchev–Trinajstić information content (AvgIpc) is 2.28. The Labute approximate surface area is 101 Å². The largest absolute Gasteiger partial charge is 0.461 e. The fourth-order valence-corrected chi connectivity index (χ4v) is 1.30. The minimum atomic E-state index is -0.215. The van der Waals surface area contributed by atoms with Crippen molar-refractivity contribution in [2.75, 3.05) is 6.54 Å². The molecular formula is C12H16ClNO2. The molecule has 16 heavy (non-hydrogen) atoms. The van der Waals surface area contributed by atoms with Gasteiger partial charge in [0.1, 0.15) is 6.61 Å². The second-order valence-electron chi connectivity index (χ2n) is 3.83. The van der Waals surface area contributed by atoms with Gasteiger partial charge in [-0.05, 0) is 30.2 Å². The maximum Gasteiger partial charge on any atom is 0.306 e. The number of benzene rings is 1. The lowest BCUT2D eigenvalue weighted by atomic mass is 10.1. The van der Waals surface area contributed by atoms with Crippen molar-refractivity contribution in [1.82, 2.24) is 0 Å². The smallest absolute Gasteiger partial charge is 0.306 e. The molecule has 4 heteroatoms. The van der Waals surface area contributed by atoms with Crippen LogP contribution in [0.5, 0.6) is 0 Å². The standard InChI is InChI=1S/C12H16ClNO2/c1-9(7-14)6-12(15)16-8-10-2-4-11(13)5-3-10/h2-5,9H,6-8,14H2,1H3. The Morgan fingerprint density at radius 2 is 2.06 bits per heavy atom. The van der Waals surface area contributed by atoms with Crippen LogP contribution in [0.1, 0.15) is 18.9 Å². The van der Waals surface area contributed by atoms with Gasteiger partial charge in [-0.1, -0.05) is 30.7 Å². The first-order valence-electron chi connectivity index (χ1n) is 5.22. The first-order valence-corrected chi connectivity index (χ1v) is 5.59. The van der Waals surface area contributed by atoms with Gasteiger partial charge in [-0.25, -0.2) is 0 Å². The molecule has 1 atom stereocenters. The molecule has 0 saturated heterocycles. The maximum absolute atomic E-state index is 11.3. The Bertz CT molecular complexity index is 337. The highest BCUT2D eigenvalue weighted by Crippen LogP contribution is 2.11. The third kappa shape index (κ3) is 4.64. The molecule has 1 unspecified atom stereocenters.